The van der Waals surface area contributed by atoms with Crippen molar-refractivity contribution in [3.8, 4) is 0 Å². The van der Waals surface area contributed by atoms with Crippen LogP contribution in [-0.2, 0) is 40.9 Å². The van der Waals surface area contributed by atoms with Gasteiger partial charge in [-0.1, -0.05) is 71.9 Å². The van der Waals surface area contributed by atoms with Crippen LogP contribution in [0, 0.1) is 0 Å². The molecule has 4 aromatic rings. The lowest BCUT2D eigenvalue weighted by Crippen LogP contribution is -2.63. The van der Waals surface area contributed by atoms with Gasteiger partial charge in [-0.3, -0.25) is 9.59 Å². The highest BCUT2D eigenvalue weighted by molar-refractivity contribution is 5.90. The predicted octanol–water partition coefficient (Wildman–Crippen LogP) is 2.39. The smallest absolute Gasteiger partial charge is 0.410 e. The molecule has 0 radical (unpaired) electrons. The van der Waals surface area contributed by atoms with Crippen molar-refractivity contribution in [2.24, 2.45) is 12.8 Å². The molecule has 1 aliphatic rings. The summed E-state index contributed by atoms with van der Waals surface area (Å²) in [5, 5.41) is 11.1. The van der Waals surface area contributed by atoms with E-state index in [4.69, 9.17) is 10.5 Å². The lowest BCUT2D eigenvalue weighted by molar-refractivity contribution is -0.144. The average molecular weight is 570 g/mol. The van der Waals surface area contributed by atoms with Gasteiger partial charge in [-0.05, 0) is 41.7 Å². The molecule has 5 rings (SSSR count). The Balaban J connectivity index is 1.26. The lowest BCUT2D eigenvalue weighted by atomic mass is 10.0. The van der Waals surface area contributed by atoms with Crippen molar-refractivity contribution in [1.29, 1.82) is 0 Å². The van der Waals surface area contributed by atoms with Crippen molar-refractivity contribution in [3.05, 3.63) is 95.6 Å². The van der Waals surface area contributed by atoms with Crippen molar-refractivity contribution in [1.82, 2.24) is 30.1 Å². The number of hydrogen-bond acceptors (Lipinski definition) is 7. The summed E-state index contributed by atoms with van der Waals surface area (Å²) >= 11 is 0. The van der Waals surface area contributed by atoms with Crippen LogP contribution in [0.1, 0.15) is 23.1 Å². The summed E-state index contributed by atoms with van der Waals surface area (Å²) in [6.07, 6.45) is 0.542. The zero-order valence-corrected chi connectivity index (χ0v) is 23.6. The highest BCUT2D eigenvalue weighted by atomic mass is 16.6. The number of amides is 3. The van der Waals surface area contributed by atoms with Gasteiger partial charge in [-0.15, -0.1) is 5.10 Å². The molecule has 0 bridgehead atoms. The highest BCUT2D eigenvalue weighted by Gasteiger charge is 2.39. The van der Waals surface area contributed by atoms with E-state index in [9.17, 15) is 14.4 Å². The van der Waals surface area contributed by atoms with Gasteiger partial charge in [0.25, 0.3) is 0 Å². The van der Waals surface area contributed by atoms with Crippen LogP contribution in [0.3, 0.4) is 0 Å². The van der Waals surface area contributed by atoms with Gasteiger partial charge in [-0.2, -0.15) is 0 Å². The fourth-order valence-electron chi connectivity index (χ4n) is 5.05. The van der Waals surface area contributed by atoms with E-state index in [0.29, 0.717) is 12.8 Å². The Hall–Kier alpha value is -4.77. The summed E-state index contributed by atoms with van der Waals surface area (Å²) in [7, 11) is 1.81. The van der Waals surface area contributed by atoms with Crippen LogP contribution in [0.2, 0.25) is 0 Å². The number of aromatic nitrogens is 3. The molecular formula is C31H35N7O4. The predicted molar refractivity (Wildman–Crippen MR) is 157 cm³/mol. The van der Waals surface area contributed by atoms with Crippen molar-refractivity contribution in [3.63, 3.8) is 0 Å². The van der Waals surface area contributed by atoms with Crippen molar-refractivity contribution < 1.29 is 19.1 Å². The summed E-state index contributed by atoms with van der Waals surface area (Å²) in [6, 6.07) is 23.1. The number of benzene rings is 3. The Morgan fingerprint density at radius 2 is 1.69 bits per heavy atom. The van der Waals surface area contributed by atoms with E-state index in [2.05, 4.69) is 15.6 Å². The number of rotatable bonds is 9. The Morgan fingerprint density at radius 3 is 2.43 bits per heavy atom. The second kappa shape index (κ2) is 13.3. The molecule has 11 nitrogen and oxygen atoms in total. The molecule has 1 saturated heterocycles. The summed E-state index contributed by atoms with van der Waals surface area (Å²) in [5.74, 6) is -0.692. The highest BCUT2D eigenvalue weighted by Crippen LogP contribution is 2.17. The molecule has 3 amide bonds. The molecule has 42 heavy (non-hydrogen) atoms. The van der Waals surface area contributed by atoms with Gasteiger partial charge >= 0.3 is 6.09 Å². The Labute approximate surface area is 244 Å². The van der Waals surface area contributed by atoms with Crippen LogP contribution in [0.25, 0.3) is 11.0 Å². The van der Waals surface area contributed by atoms with E-state index in [-0.39, 0.29) is 44.6 Å². The Kier molecular flexibility index (Phi) is 9.08. The summed E-state index contributed by atoms with van der Waals surface area (Å²) < 4.78 is 7.19. The van der Waals surface area contributed by atoms with E-state index in [0.717, 1.165) is 27.7 Å². The first kappa shape index (κ1) is 28.7. The second-order valence-electron chi connectivity index (χ2n) is 10.4. The SMILES string of the molecule is Cn1nnc2cc(CNC(=O)[C@@H]3CN(C(=O)OCc4ccccc4)CCN3C(=O)C(N)CCc3ccccc3)ccc21. The third-order valence-corrected chi connectivity index (χ3v) is 7.48. The minimum absolute atomic E-state index is 0.000201. The number of aryl methyl sites for hydroxylation is 2. The average Bonchev–Trinajstić information content (AvgIpc) is 3.41. The van der Waals surface area contributed by atoms with Gasteiger partial charge in [0, 0.05) is 26.7 Å². The van der Waals surface area contributed by atoms with Gasteiger partial charge in [0.05, 0.1) is 18.1 Å². The Morgan fingerprint density at radius 1 is 0.976 bits per heavy atom. The van der Waals surface area contributed by atoms with Crippen molar-refractivity contribution in [2.45, 2.75) is 38.1 Å². The zero-order valence-electron chi connectivity index (χ0n) is 23.6. The van der Waals surface area contributed by atoms with E-state index < -0.39 is 18.2 Å². The van der Waals surface area contributed by atoms with Crippen molar-refractivity contribution >= 4 is 28.9 Å². The van der Waals surface area contributed by atoms with E-state index in [1.54, 1.807) is 4.68 Å². The van der Waals surface area contributed by atoms with Gasteiger partial charge in [0.1, 0.15) is 18.2 Å². The molecule has 3 aromatic carbocycles. The molecule has 2 atom stereocenters. The molecule has 11 heteroatoms. The van der Waals surface area contributed by atoms with Crippen LogP contribution in [0.4, 0.5) is 4.79 Å². The number of nitrogens with one attached hydrogen (secondary N) is 1. The van der Waals surface area contributed by atoms with Crippen LogP contribution < -0.4 is 11.1 Å². The van der Waals surface area contributed by atoms with Crippen LogP contribution >= 0.6 is 0 Å². The van der Waals surface area contributed by atoms with Gasteiger partial charge in [0.2, 0.25) is 11.8 Å². The number of carbonyl (C=O) groups excluding carboxylic acids is 3. The molecule has 2 heterocycles. The third kappa shape index (κ3) is 6.92. The quantitative estimate of drug-likeness (QED) is 0.316. The molecule has 1 unspecified atom stereocenters. The molecular weight excluding hydrogens is 534 g/mol. The molecule has 3 N–H and O–H groups in total. The second-order valence-corrected chi connectivity index (χ2v) is 10.4. The molecule has 1 aliphatic heterocycles. The maximum absolute atomic E-state index is 13.5. The number of nitrogens with two attached hydrogens (primary N) is 1. The van der Waals surface area contributed by atoms with E-state index >= 15 is 0 Å². The Bertz CT molecular complexity index is 1530. The van der Waals surface area contributed by atoms with Gasteiger partial charge < -0.3 is 25.6 Å². The number of ether oxygens (including phenoxy) is 1. The minimum Gasteiger partial charge on any atom is -0.445 e. The number of fused-ring (bicyclic) bond motifs is 1. The van der Waals surface area contributed by atoms with E-state index in [1.165, 1.54) is 9.80 Å². The fraction of sp³-hybridized carbons (Fsp3) is 0.323. The first-order valence-corrected chi connectivity index (χ1v) is 14.0. The molecule has 218 valence electrons. The number of hydrogen-bond donors (Lipinski definition) is 2. The normalized spacial score (nSPS) is 15.8. The standard InChI is InChI=1S/C31H35N7O4/c1-36-27-15-13-24(18-26(27)34-35-36)19-33-29(39)28-20-37(31(41)42-21-23-10-6-3-7-11-23)16-17-38(28)30(40)25(32)14-12-22-8-4-2-5-9-22/h2-11,13,15,18,25,28H,12,14,16-17,19-21,32H2,1H3,(H,33,39)/t25?,28-/m0/s1. The van der Waals surface area contributed by atoms with Crippen LogP contribution in [0.5, 0.6) is 0 Å². The minimum atomic E-state index is -0.918. The lowest BCUT2D eigenvalue weighted by Gasteiger charge is -2.41. The monoisotopic (exact) mass is 569 g/mol. The number of nitrogens with zero attached hydrogens (tertiary/aromatic N) is 5. The third-order valence-electron chi connectivity index (χ3n) is 7.48. The fourth-order valence-corrected chi connectivity index (χ4v) is 5.05. The topological polar surface area (TPSA) is 136 Å². The van der Waals surface area contributed by atoms with Crippen molar-refractivity contribution in [2.75, 3.05) is 19.6 Å². The first-order chi connectivity index (χ1) is 20.4. The summed E-state index contributed by atoms with van der Waals surface area (Å²) in [6.45, 7) is 0.743. The van der Waals surface area contributed by atoms with E-state index in [1.807, 2.05) is 85.9 Å². The largest absolute Gasteiger partial charge is 0.445 e. The van der Waals surface area contributed by atoms with Gasteiger partial charge in [-0.25, -0.2) is 9.48 Å². The molecule has 0 spiro atoms. The summed E-state index contributed by atoms with van der Waals surface area (Å²) in [5.41, 5.74) is 10.7. The molecule has 0 aliphatic carbocycles. The maximum Gasteiger partial charge on any atom is 0.410 e. The van der Waals surface area contributed by atoms with Gasteiger partial charge in [0.15, 0.2) is 0 Å². The number of carbonyl (C=O) groups is 3. The van der Waals surface area contributed by atoms with Crippen LogP contribution in [0.15, 0.2) is 78.9 Å². The number of piperazine rings is 1. The first-order valence-electron chi connectivity index (χ1n) is 14.0. The zero-order chi connectivity index (χ0) is 29.5. The van der Waals surface area contributed by atoms with Crippen LogP contribution in [-0.4, -0.2) is 74.4 Å². The molecule has 1 aromatic heterocycles. The summed E-state index contributed by atoms with van der Waals surface area (Å²) in [4.78, 5) is 43.0. The maximum atomic E-state index is 13.5. The molecule has 0 saturated carbocycles. The molecule has 1 fully saturated rings.